The molecule has 0 fully saturated rings. The number of nitrogens with zero attached hydrogens (tertiary/aromatic N) is 1. The lowest BCUT2D eigenvalue weighted by molar-refractivity contribution is -0.889. The molecule has 0 aliphatic rings. The highest BCUT2D eigenvalue weighted by Gasteiger charge is 2.25. The third kappa shape index (κ3) is 36.4. The predicted molar refractivity (Wildman–Crippen MR) is 231 cm³/mol. The van der Waals surface area contributed by atoms with Crippen molar-refractivity contribution in [2.24, 2.45) is 0 Å². The summed E-state index contributed by atoms with van der Waals surface area (Å²) >= 11 is 0. The summed E-state index contributed by atoms with van der Waals surface area (Å²) in [5, 5.41) is 11.6. The molecule has 0 saturated carbocycles. The number of quaternary nitrogens is 1. The van der Waals surface area contributed by atoms with Crippen LogP contribution in [-0.2, 0) is 28.6 Å². The van der Waals surface area contributed by atoms with Crippen molar-refractivity contribution in [3.63, 3.8) is 0 Å². The van der Waals surface area contributed by atoms with Gasteiger partial charge in [0.15, 0.2) is 6.10 Å². The van der Waals surface area contributed by atoms with Gasteiger partial charge in [0.05, 0.1) is 40.3 Å². The summed E-state index contributed by atoms with van der Waals surface area (Å²) in [6.07, 6.45) is 47.8. The van der Waals surface area contributed by atoms with Crippen molar-refractivity contribution >= 4 is 17.9 Å². The number of carboxylic acids is 1. The van der Waals surface area contributed by atoms with Gasteiger partial charge in [0.1, 0.15) is 12.6 Å². The standard InChI is InChI=1S/C48H81NO7/c1-6-8-10-12-14-16-18-20-21-22-23-24-25-27-29-31-33-35-37-39-47(51)56-44(42-54-41-40-45(48(52)53)49(3,4)5)43-55-46(50)38-36-34-32-30-28-26-19-17-15-13-11-9-7-2/h9,11,13-20,26,28,44-45H,6-8,10,12,21-25,27,29-43H2,1-5H3/b11-9+,15-13+,16-14+,19-17+,20-18+,28-26+. The lowest BCUT2D eigenvalue weighted by Crippen LogP contribution is -2.55. The van der Waals surface area contributed by atoms with Gasteiger partial charge in [0.2, 0.25) is 0 Å². The third-order valence-corrected chi connectivity index (χ3v) is 9.45. The first-order valence-electron chi connectivity index (χ1n) is 22.0. The summed E-state index contributed by atoms with van der Waals surface area (Å²) < 4.78 is 17.1. The van der Waals surface area contributed by atoms with E-state index in [2.05, 4.69) is 50.3 Å². The normalized spacial score (nSPS) is 13.7. The zero-order chi connectivity index (χ0) is 41.4. The molecule has 320 valence electrons. The van der Waals surface area contributed by atoms with Crippen molar-refractivity contribution in [1.82, 2.24) is 0 Å². The fourth-order valence-electron chi connectivity index (χ4n) is 6.01. The van der Waals surface area contributed by atoms with Gasteiger partial charge in [-0.3, -0.25) is 9.59 Å². The molecule has 0 heterocycles. The van der Waals surface area contributed by atoms with E-state index in [1.54, 1.807) is 21.1 Å². The van der Waals surface area contributed by atoms with Crippen molar-refractivity contribution in [2.45, 2.75) is 174 Å². The van der Waals surface area contributed by atoms with E-state index in [0.29, 0.717) is 12.8 Å². The van der Waals surface area contributed by atoms with Crippen molar-refractivity contribution in [2.75, 3.05) is 41.0 Å². The molecule has 8 nitrogen and oxygen atoms in total. The van der Waals surface area contributed by atoms with E-state index < -0.39 is 18.1 Å². The third-order valence-electron chi connectivity index (χ3n) is 9.45. The van der Waals surface area contributed by atoms with Crippen LogP contribution in [0.5, 0.6) is 0 Å². The van der Waals surface area contributed by atoms with Gasteiger partial charge in [-0.25, -0.2) is 0 Å². The minimum absolute atomic E-state index is 0.0230. The Labute approximate surface area is 342 Å². The van der Waals surface area contributed by atoms with E-state index in [1.165, 1.54) is 70.6 Å². The van der Waals surface area contributed by atoms with E-state index in [0.717, 1.165) is 57.8 Å². The Morgan fingerprint density at radius 3 is 1.52 bits per heavy atom. The summed E-state index contributed by atoms with van der Waals surface area (Å²) in [4.78, 5) is 36.8. The Morgan fingerprint density at radius 2 is 1.00 bits per heavy atom. The number of likely N-dealkylation sites (N-methyl/N-ethyl adjacent to an activating group) is 1. The number of allylic oxidation sites excluding steroid dienone is 12. The largest absolute Gasteiger partial charge is 0.544 e. The average Bonchev–Trinajstić information content (AvgIpc) is 3.15. The molecule has 0 saturated heterocycles. The summed E-state index contributed by atoms with van der Waals surface area (Å²) in [6, 6.07) is -0.735. The first-order chi connectivity index (χ1) is 27.1. The molecule has 0 amide bonds. The van der Waals surface area contributed by atoms with Gasteiger partial charge >= 0.3 is 11.9 Å². The van der Waals surface area contributed by atoms with E-state index in [9.17, 15) is 19.5 Å². The summed E-state index contributed by atoms with van der Waals surface area (Å²) in [5.41, 5.74) is 0. The minimum atomic E-state index is -1.13. The molecular weight excluding hydrogens is 703 g/mol. The van der Waals surface area contributed by atoms with Crippen LogP contribution in [0.15, 0.2) is 72.9 Å². The molecule has 0 N–H and O–H groups in total. The average molecular weight is 784 g/mol. The Balaban J connectivity index is 4.38. The van der Waals surface area contributed by atoms with Gasteiger partial charge in [-0.1, -0.05) is 157 Å². The number of carbonyl (C=O) groups excluding carboxylic acids is 3. The first-order valence-corrected chi connectivity index (χ1v) is 22.0. The number of hydrogen-bond acceptors (Lipinski definition) is 7. The van der Waals surface area contributed by atoms with Crippen molar-refractivity contribution < 1.29 is 38.2 Å². The van der Waals surface area contributed by atoms with Gasteiger partial charge in [-0.05, 0) is 57.8 Å². The molecule has 0 aromatic heterocycles. The van der Waals surface area contributed by atoms with E-state index >= 15 is 0 Å². The number of hydrogen-bond donors (Lipinski definition) is 0. The van der Waals surface area contributed by atoms with Crippen molar-refractivity contribution in [3.05, 3.63) is 72.9 Å². The van der Waals surface area contributed by atoms with Gasteiger partial charge < -0.3 is 28.6 Å². The number of esters is 2. The minimum Gasteiger partial charge on any atom is -0.544 e. The number of aliphatic carboxylic acids is 1. The molecule has 0 radical (unpaired) electrons. The highest BCUT2D eigenvalue weighted by atomic mass is 16.6. The second kappa shape index (κ2) is 38.6. The molecule has 2 unspecified atom stereocenters. The molecule has 0 aromatic carbocycles. The van der Waals surface area contributed by atoms with Crippen molar-refractivity contribution in [3.8, 4) is 0 Å². The molecule has 56 heavy (non-hydrogen) atoms. The topological polar surface area (TPSA) is 102 Å². The lowest BCUT2D eigenvalue weighted by atomic mass is 10.1. The number of unbranched alkanes of at least 4 members (excludes halogenated alkanes) is 16. The quantitative estimate of drug-likeness (QED) is 0.0266. The number of rotatable bonds is 38. The molecule has 8 heteroatoms. The maximum absolute atomic E-state index is 12.7. The molecule has 0 rings (SSSR count). The Bertz CT molecular complexity index is 1140. The van der Waals surface area contributed by atoms with Crippen LogP contribution >= 0.6 is 0 Å². The van der Waals surface area contributed by atoms with Crippen LogP contribution in [0.25, 0.3) is 0 Å². The van der Waals surface area contributed by atoms with E-state index in [4.69, 9.17) is 14.2 Å². The second-order valence-corrected chi connectivity index (χ2v) is 15.7. The maximum Gasteiger partial charge on any atom is 0.306 e. The summed E-state index contributed by atoms with van der Waals surface area (Å²) in [6.45, 7) is 4.43. The second-order valence-electron chi connectivity index (χ2n) is 15.7. The van der Waals surface area contributed by atoms with Crippen LogP contribution in [0.2, 0.25) is 0 Å². The maximum atomic E-state index is 12.7. The smallest absolute Gasteiger partial charge is 0.306 e. The number of carboxylic acid groups (broad SMARTS) is 1. The van der Waals surface area contributed by atoms with Crippen LogP contribution in [-0.4, -0.2) is 75.5 Å². The Kier molecular flexibility index (Phi) is 36.4. The SMILES string of the molecule is CC/C=C/C=C/C=C/C=C/CCCCCC(=O)OCC(COCCC(C(=O)[O-])[N+](C)(C)C)OC(=O)CCCCCCCCCCCC/C=C/C=C/CCCCC. The molecule has 0 aromatic rings. The van der Waals surface area contributed by atoms with Crippen LogP contribution in [0, 0.1) is 0 Å². The summed E-state index contributed by atoms with van der Waals surface area (Å²) in [5.74, 6) is -1.80. The van der Waals surface area contributed by atoms with Crippen LogP contribution < -0.4 is 5.11 Å². The highest BCUT2D eigenvalue weighted by molar-refractivity contribution is 5.70. The fourth-order valence-corrected chi connectivity index (χ4v) is 6.01. The number of ether oxygens (including phenoxy) is 3. The summed E-state index contributed by atoms with van der Waals surface area (Å²) in [7, 11) is 5.38. The van der Waals surface area contributed by atoms with E-state index in [1.807, 2.05) is 36.5 Å². The molecule has 0 bridgehead atoms. The van der Waals surface area contributed by atoms with Gasteiger partial charge in [0.25, 0.3) is 0 Å². The predicted octanol–water partition coefficient (Wildman–Crippen LogP) is 10.6. The first kappa shape index (κ1) is 52.8. The Morgan fingerprint density at radius 1 is 0.554 bits per heavy atom. The monoisotopic (exact) mass is 784 g/mol. The molecule has 0 aliphatic carbocycles. The van der Waals surface area contributed by atoms with Crippen LogP contribution in [0.4, 0.5) is 0 Å². The van der Waals surface area contributed by atoms with Gasteiger partial charge in [-0.15, -0.1) is 0 Å². The van der Waals surface area contributed by atoms with Crippen LogP contribution in [0.1, 0.15) is 162 Å². The zero-order valence-corrected chi connectivity index (χ0v) is 36.3. The molecular formula is C48H81NO7. The number of carbonyl (C=O) groups is 3. The molecule has 0 spiro atoms. The zero-order valence-electron chi connectivity index (χ0n) is 36.3. The molecule has 2 atom stereocenters. The molecule has 0 aliphatic heterocycles. The van der Waals surface area contributed by atoms with Crippen LogP contribution in [0.3, 0.4) is 0 Å². The fraction of sp³-hybridized carbons (Fsp3) is 0.688. The Hall–Kier alpha value is -3.23. The van der Waals surface area contributed by atoms with Gasteiger partial charge in [0, 0.05) is 19.3 Å². The lowest BCUT2D eigenvalue weighted by Gasteiger charge is -2.34. The van der Waals surface area contributed by atoms with Crippen molar-refractivity contribution in [1.29, 1.82) is 0 Å². The van der Waals surface area contributed by atoms with Gasteiger partial charge in [-0.2, -0.15) is 0 Å². The highest BCUT2D eigenvalue weighted by Crippen LogP contribution is 2.14. The van der Waals surface area contributed by atoms with E-state index in [-0.39, 0.29) is 42.7 Å².